The van der Waals surface area contributed by atoms with Gasteiger partial charge in [0.25, 0.3) is 0 Å². The second kappa shape index (κ2) is 9.77. The molecule has 168 valence electrons. The number of nitrogens with zero attached hydrogens (tertiary/aromatic N) is 3. The molecule has 2 saturated heterocycles. The van der Waals surface area contributed by atoms with Gasteiger partial charge in [-0.25, -0.2) is 14.8 Å². The molecule has 2 N–H and O–H groups in total. The Morgan fingerprint density at radius 1 is 1.26 bits per heavy atom. The number of fused-ring (bicyclic) bond motifs is 1. The number of rotatable bonds is 4. The summed E-state index contributed by atoms with van der Waals surface area (Å²) in [5.41, 5.74) is 0. The van der Waals surface area contributed by atoms with Crippen molar-refractivity contribution in [2.24, 2.45) is 17.8 Å². The first kappa shape index (κ1) is 22.5. The highest BCUT2D eigenvalue weighted by atomic mass is 19.4. The van der Waals surface area contributed by atoms with Crippen LogP contribution in [0.2, 0.25) is 0 Å². The molecule has 0 saturated carbocycles. The second-order valence-electron chi connectivity index (χ2n) is 7.14. The normalized spacial score (nSPS) is 22.8. The Kier molecular flexibility index (Phi) is 7.10. The first-order valence-electron chi connectivity index (χ1n) is 9.44. The van der Waals surface area contributed by atoms with Gasteiger partial charge in [0.1, 0.15) is 17.9 Å². The fourth-order valence-corrected chi connectivity index (χ4v) is 3.65. The molecule has 2 aliphatic heterocycles. The number of hydrogen-bond donors (Lipinski definition) is 2. The Bertz CT molecular complexity index is 863. The van der Waals surface area contributed by atoms with E-state index >= 15 is 0 Å². The van der Waals surface area contributed by atoms with Crippen LogP contribution in [-0.2, 0) is 20.9 Å². The Balaban J connectivity index is 0.000000339. The van der Waals surface area contributed by atoms with Crippen molar-refractivity contribution < 1.29 is 37.0 Å². The molecule has 2 aliphatic rings. The second-order valence-corrected chi connectivity index (χ2v) is 7.14. The van der Waals surface area contributed by atoms with Crippen molar-refractivity contribution in [1.29, 1.82) is 0 Å². The van der Waals surface area contributed by atoms with Crippen LogP contribution in [0, 0.1) is 17.8 Å². The van der Waals surface area contributed by atoms with Gasteiger partial charge in [0.2, 0.25) is 5.91 Å². The predicted octanol–water partition coefficient (Wildman–Crippen LogP) is 1.72. The number of halogens is 3. The van der Waals surface area contributed by atoms with Crippen molar-refractivity contribution in [3.05, 3.63) is 42.7 Å². The summed E-state index contributed by atoms with van der Waals surface area (Å²) in [6, 6.07) is 5.58. The average Bonchev–Trinajstić information content (AvgIpc) is 3.42. The number of carboxylic acid groups (broad SMARTS) is 1. The van der Waals surface area contributed by atoms with Crippen LogP contribution < -0.4 is 10.2 Å². The highest BCUT2D eigenvalue weighted by molar-refractivity contribution is 5.79. The quantitative estimate of drug-likeness (QED) is 0.735. The van der Waals surface area contributed by atoms with Gasteiger partial charge in [-0.2, -0.15) is 13.2 Å². The number of aliphatic carboxylic acids is 1. The summed E-state index contributed by atoms with van der Waals surface area (Å²) < 4.78 is 42.7. The topological polar surface area (TPSA) is 118 Å². The largest absolute Gasteiger partial charge is 0.490 e. The number of furan rings is 1. The van der Waals surface area contributed by atoms with Gasteiger partial charge in [0.15, 0.2) is 0 Å². The van der Waals surface area contributed by atoms with Crippen LogP contribution in [0.5, 0.6) is 0 Å². The van der Waals surface area contributed by atoms with E-state index < -0.39 is 12.1 Å². The van der Waals surface area contributed by atoms with Crippen LogP contribution >= 0.6 is 0 Å². The van der Waals surface area contributed by atoms with E-state index in [0.29, 0.717) is 25.7 Å². The summed E-state index contributed by atoms with van der Waals surface area (Å²) in [4.78, 5) is 32.0. The third kappa shape index (κ3) is 5.94. The Morgan fingerprint density at radius 2 is 2.03 bits per heavy atom. The average molecular weight is 442 g/mol. The van der Waals surface area contributed by atoms with E-state index in [9.17, 15) is 18.0 Å². The molecule has 31 heavy (non-hydrogen) atoms. The summed E-state index contributed by atoms with van der Waals surface area (Å²) in [5.74, 6) is -0.554. The van der Waals surface area contributed by atoms with Crippen LogP contribution in [0.25, 0.3) is 0 Å². The summed E-state index contributed by atoms with van der Waals surface area (Å²) >= 11 is 0. The number of carbonyl (C=O) groups is 2. The molecule has 9 nitrogen and oxygen atoms in total. The van der Waals surface area contributed by atoms with E-state index in [1.807, 2.05) is 18.2 Å². The van der Waals surface area contributed by atoms with Crippen molar-refractivity contribution in [1.82, 2.24) is 15.3 Å². The molecule has 0 unspecified atom stereocenters. The number of nitrogens with one attached hydrogen (secondary N) is 1. The van der Waals surface area contributed by atoms with Gasteiger partial charge < -0.3 is 24.5 Å². The van der Waals surface area contributed by atoms with Gasteiger partial charge in [-0.1, -0.05) is 0 Å². The van der Waals surface area contributed by atoms with Crippen molar-refractivity contribution in [2.75, 3.05) is 31.2 Å². The minimum absolute atomic E-state index is 0.0330. The highest BCUT2D eigenvalue weighted by Crippen LogP contribution is 2.35. The molecule has 2 aromatic heterocycles. The third-order valence-corrected chi connectivity index (χ3v) is 5.12. The summed E-state index contributed by atoms with van der Waals surface area (Å²) in [6.07, 6.45) is -0.173. The van der Waals surface area contributed by atoms with Gasteiger partial charge in [-0.15, -0.1) is 0 Å². The highest BCUT2D eigenvalue weighted by Gasteiger charge is 2.44. The number of aromatic nitrogens is 2. The Morgan fingerprint density at radius 3 is 2.65 bits per heavy atom. The van der Waals surface area contributed by atoms with E-state index in [0.717, 1.165) is 24.7 Å². The van der Waals surface area contributed by atoms with Crippen LogP contribution in [0.1, 0.15) is 5.76 Å². The zero-order chi connectivity index (χ0) is 22.4. The molecule has 0 bridgehead atoms. The fourth-order valence-electron chi connectivity index (χ4n) is 3.65. The van der Waals surface area contributed by atoms with Crippen LogP contribution in [-0.4, -0.2) is 59.4 Å². The summed E-state index contributed by atoms with van der Waals surface area (Å²) in [6.45, 7) is 3.28. The maximum Gasteiger partial charge on any atom is 0.490 e. The van der Waals surface area contributed by atoms with Gasteiger partial charge in [0.05, 0.1) is 31.9 Å². The first-order valence-corrected chi connectivity index (χ1v) is 9.44. The van der Waals surface area contributed by atoms with Crippen LogP contribution in [0.3, 0.4) is 0 Å². The van der Waals surface area contributed by atoms with E-state index in [1.165, 1.54) is 0 Å². The minimum Gasteiger partial charge on any atom is -0.475 e. The monoisotopic (exact) mass is 442 g/mol. The van der Waals surface area contributed by atoms with Crippen LogP contribution in [0.4, 0.5) is 19.0 Å². The Labute approximate surface area is 175 Å². The fraction of sp³-hybridized carbons (Fsp3) is 0.474. The number of hydrogen-bond acceptors (Lipinski definition) is 7. The molecule has 4 heterocycles. The SMILES string of the molecule is O=C(NCc1ccco1)[C@H]1COC[C@H]2CN(c3ccncn3)C[C@H]21.O=C(O)C(F)(F)F. The molecule has 0 spiro atoms. The molecule has 1 amide bonds. The van der Waals surface area contributed by atoms with Gasteiger partial charge >= 0.3 is 12.1 Å². The molecule has 12 heteroatoms. The predicted molar refractivity (Wildman–Crippen MR) is 99.8 cm³/mol. The minimum atomic E-state index is -5.08. The molecule has 0 radical (unpaired) electrons. The van der Waals surface area contributed by atoms with Gasteiger partial charge in [0, 0.05) is 25.2 Å². The molecule has 2 aromatic rings. The molecule has 3 atom stereocenters. The third-order valence-electron chi connectivity index (χ3n) is 5.12. The van der Waals surface area contributed by atoms with Gasteiger partial charge in [-0.05, 0) is 24.1 Å². The van der Waals surface area contributed by atoms with Crippen molar-refractivity contribution in [3.8, 4) is 0 Å². The lowest BCUT2D eigenvalue weighted by atomic mass is 9.82. The molecule has 0 aliphatic carbocycles. The number of carboxylic acids is 1. The van der Waals surface area contributed by atoms with E-state index in [1.54, 1.807) is 18.8 Å². The number of amides is 1. The summed E-state index contributed by atoms with van der Waals surface area (Å²) in [7, 11) is 0. The summed E-state index contributed by atoms with van der Waals surface area (Å²) in [5, 5.41) is 10.1. The number of ether oxygens (including phenoxy) is 1. The van der Waals surface area contributed by atoms with Crippen molar-refractivity contribution in [3.63, 3.8) is 0 Å². The molecule has 0 aromatic carbocycles. The van der Waals surface area contributed by atoms with Crippen molar-refractivity contribution in [2.45, 2.75) is 12.7 Å². The van der Waals surface area contributed by atoms with E-state index in [-0.39, 0.29) is 17.7 Å². The maximum atomic E-state index is 12.6. The number of anilines is 1. The zero-order valence-corrected chi connectivity index (χ0v) is 16.3. The maximum absolute atomic E-state index is 12.6. The molecule has 4 rings (SSSR count). The first-order chi connectivity index (χ1) is 14.8. The Hall–Kier alpha value is -3.15. The standard InChI is InChI=1S/C17H20N4O3.C2HF3O2/c22-17(19-6-13-2-1-5-24-13)15-10-23-9-12-7-21(8-14(12)15)16-3-4-18-11-20-16;3-2(4,5)1(6)7/h1-5,11-12,14-15H,6-10H2,(H,19,22);(H,6,7)/t12-,14-,15+;/m1./s1. The lowest BCUT2D eigenvalue weighted by Crippen LogP contribution is -2.44. The smallest absolute Gasteiger partial charge is 0.475 e. The van der Waals surface area contributed by atoms with Gasteiger partial charge in [-0.3, -0.25) is 4.79 Å². The number of carbonyl (C=O) groups excluding carboxylic acids is 1. The zero-order valence-electron chi connectivity index (χ0n) is 16.3. The molecular weight excluding hydrogens is 421 g/mol. The van der Waals surface area contributed by atoms with Crippen molar-refractivity contribution >= 4 is 17.7 Å². The molecular formula is C19H21F3N4O5. The van der Waals surface area contributed by atoms with E-state index in [4.69, 9.17) is 19.1 Å². The molecule has 2 fully saturated rings. The van der Waals surface area contributed by atoms with E-state index in [2.05, 4.69) is 20.2 Å². The van der Waals surface area contributed by atoms with Crippen LogP contribution in [0.15, 0.2) is 41.4 Å². The number of alkyl halides is 3. The lowest BCUT2D eigenvalue weighted by molar-refractivity contribution is -0.192. The lowest BCUT2D eigenvalue weighted by Gasteiger charge is -2.31.